The lowest BCUT2D eigenvalue weighted by molar-refractivity contribution is -0.132. The molecule has 4 heterocycles. The molecule has 0 aliphatic carbocycles. The first-order valence-electron chi connectivity index (χ1n) is 14.7. The zero-order valence-electron chi connectivity index (χ0n) is 24.1. The molecule has 0 saturated carbocycles. The van der Waals surface area contributed by atoms with Gasteiger partial charge in [-0.2, -0.15) is 10.2 Å². The first-order chi connectivity index (χ1) is 20.5. The summed E-state index contributed by atoms with van der Waals surface area (Å²) in [7, 11) is 0. The summed E-state index contributed by atoms with van der Waals surface area (Å²) in [6, 6.07) is 14.2. The van der Waals surface area contributed by atoms with Gasteiger partial charge in [-0.1, -0.05) is 30.3 Å². The van der Waals surface area contributed by atoms with Gasteiger partial charge in [0, 0.05) is 49.4 Å². The second-order valence-electron chi connectivity index (χ2n) is 10.9. The maximum atomic E-state index is 13.6. The Hall–Kier alpha value is -4.51. The number of benzene rings is 2. The molecular weight excluding hydrogens is 530 g/mol. The Morgan fingerprint density at radius 2 is 1.90 bits per heavy atom. The lowest BCUT2D eigenvalue weighted by Gasteiger charge is -2.29. The van der Waals surface area contributed by atoms with E-state index in [-0.39, 0.29) is 17.7 Å². The molecule has 2 aliphatic heterocycles. The molecule has 0 spiro atoms. The molecule has 0 bridgehead atoms. The molecule has 11 nitrogen and oxygen atoms in total. The summed E-state index contributed by atoms with van der Waals surface area (Å²) >= 11 is 0. The van der Waals surface area contributed by atoms with Gasteiger partial charge in [0.05, 0.1) is 18.0 Å². The number of likely N-dealkylation sites (tertiary alicyclic amines) is 1. The first-order valence-corrected chi connectivity index (χ1v) is 14.7. The summed E-state index contributed by atoms with van der Waals surface area (Å²) in [6.07, 6.45) is 5.23. The number of fused-ring (bicyclic) bond motifs is 1. The summed E-state index contributed by atoms with van der Waals surface area (Å²) in [4.78, 5) is 36.9. The number of aromatic amines is 2. The van der Waals surface area contributed by atoms with Crippen LogP contribution in [0.3, 0.4) is 0 Å². The largest absolute Gasteiger partial charge is 0.368 e. The lowest BCUT2D eigenvalue weighted by Crippen LogP contribution is -2.42. The number of H-pyrrole nitrogens is 2. The Bertz CT molecular complexity index is 1580. The highest BCUT2D eigenvalue weighted by Crippen LogP contribution is 2.29. The number of rotatable bonds is 9. The Morgan fingerprint density at radius 1 is 1.07 bits per heavy atom. The molecule has 1 unspecified atom stereocenters. The van der Waals surface area contributed by atoms with E-state index in [1.165, 1.54) is 11.9 Å². The van der Waals surface area contributed by atoms with Crippen LogP contribution < -0.4 is 10.2 Å². The van der Waals surface area contributed by atoms with Gasteiger partial charge in [-0.25, -0.2) is 4.98 Å². The molecule has 0 radical (unpaired) electrons. The highest BCUT2D eigenvalue weighted by molar-refractivity contribution is 5.99. The molecule has 2 amide bonds. The van der Waals surface area contributed by atoms with Gasteiger partial charge >= 0.3 is 0 Å². The van der Waals surface area contributed by atoms with Crippen molar-refractivity contribution in [3.05, 3.63) is 60.4 Å². The Kier molecular flexibility index (Phi) is 8.00. The summed E-state index contributed by atoms with van der Waals surface area (Å²) in [5.74, 6) is 1.65. The quantitative estimate of drug-likeness (QED) is 0.281. The van der Waals surface area contributed by atoms with Crippen LogP contribution in [0, 0.1) is 5.92 Å². The zero-order chi connectivity index (χ0) is 29.1. The van der Waals surface area contributed by atoms with E-state index in [9.17, 15) is 9.59 Å². The predicted molar refractivity (Wildman–Crippen MR) is 164 cm³/mol. The Balaban J connectivity index is 1.03. The van der Waals surface area contributed by atoms with Crippen LogP contribution in [0.5, 0.6) is 0 Å². The number of carbonyl (C=O) groups is 2. The molecule has 1 atom stereocenters. The van der Waals surface area contributed by atoms with Crippen LogP contribution in [0.1, 0.15) is 32.3 Å². The number of aromatic nitrogens is 5. The van der Waals surface area contributed by atoms with Gasteiger partial charge in [0.15, 0.2) is 11.6 Å². The number of hydrogen-bond donors (Lipinski definition) is 3. The van der Waals surface area contributed by atoms with Crippen molar-refractivity contribution in [3.63, 3.8) is 0 Å². The van der Waals surface area contributed by atoms with Gasteiger partial charge in [-0.15, -0.1) is 0 Å². The van der Waals surface area contributed by atoms with E-state index in [0.29, 0.717) is 32.7 Å². The highest BCUT2D eigenvalue weighted by Gasteiger charge is 2.33. The third kappa shape index (κ3) is 5.64. The van der Waals surface area contributed by atoms with Crippen LogP contribution in [-0.2, 0) is 9.59 Å². The molecule has 2 aromatic heterocycles. The summed E-state index contributed by atoms with van der Waals surface area (Å²) in [5, 5.41) is 18.4. The van der Waals surface area contributed by atoms with Crippen LogP contribution in [0.25, 0.3) is 27.9 Å². The number of carbonyl (C=O) groups excluding carboxylic acids is 2. The standard InChI is InChI=1S/C31H37N9O2/c1-3-32-30-26-17-25(9-10-27(26)35-37-30)40(4-2)31(42)24-11-14-38(18-24)19-28(41)39-15-12-22(13-16-39)21-5-7-23(8-6-21)29-33-20-34-36-29/h5-10,12,17,20,24H,3-4,11,13-16,18-19H2,1-2H3,(H2,32,35,37)(H,33,34,36). The summed E-state index contributed by atoms with van der Waals surface area (Å²) in [6.45, 7) is 8.37. The fourth-order valence-electron chi connectivity index (χ4n) is 5.97. The summed E-state index contributed by atoms with van der Waals surface area (Å²) < 4.78 is 0. The molecule has 6 rings (SSSR count). The Morgan fingerprint density at radius 3 is 2.62 bits per heavy atom. The number of nitrogens with zero attached hydrogens (tertiary/aromatic N) is 6. The normalized spacial score (nSPS) is 17.4. The summed E-state index contributed by atoms with van der Waals surface area (Å²) in [5.41, 5.74) is 5.21. The van der Waals surface area contributed by atoms with E-state index in [1.807, 2.05) is 54.0 Å². The zero-order valence-corrected chi connectivity index (χ0v) is 24.1. The van der Waals surface area contributed by atoms with Crippen molar-refractivity contribution in [3.8, 4) is 11.4 Å². The van der Waals surface area contributed by atoms with E-state index in [1.54, 1.807) is 0 Å². The fraction of sp³-hybridized carbons (Fsp3) is 0.387. The van der Waals surface area contributed by atoms with Crippen LogP contribution in [0.2, 0.25) is 0 Å². The molecule has 3 N–H and O–H groups in total. The van der Waals surface area contributed by atoms with Crippen molar-refractivity contribution in [2.45, 2.75) is 26.7 Å². The predicted octanol–water partition coefficient (Wildman–Crippen LogP) is 3.77. The molecule has 218 valence electrons. The van der Waals surface area contributed by atoms with Gasteiger partial charge < -0.3 is 15.1 Å². The molecule has 42 heavy (non-hydrogen) atoms. The Labute approximate surface area is 245 Å². The second-order valence-corrected chi connectivity index (χ2v) is 10.9. The minimum Gasteiger partial charge on any atom is -0.368 e. The third-order valence-electron chi connectivity index (χ3n) is 8.27. The van der Waals surface area contributed by atoms with Crippen molar-refractivity contribution >= 4 is 39.8 Å². The first kappa shape index (κ1) is 27.6. The number of anilines is 2. The number of amides is 2. The number of nitrogens with one attached hydrogen (secondary N) is 3. The highest BCUT2D eigenvalue weighted by atomic mass is 16.2. The van der Waals surface area contributed by atoms with E-state index < -0.39 is 0 Å². The molecule has 2 aromatic carbocycles. The van der Waals surface area contributed by atoms with Crippen LogP contribution in [0.4, 0.5) is 11.5 Å². The smallest absolute Gasteiger partial charge is 0.237 e. The molecule has 1 fully saturated rings. The van der Waals surface area contributed by atoms with Gasteiger partial charge in [-0.05, 0) is 62.6 Å². The van der Waals surface area contributed by atoms with Crippen molar-refractivity contribution in [2.75, 3.05) is 56.0 Å². The second kappa shape index (κ2) is 12.2. The van der Waals surface area contributed by atoms with Gasteiger partial charge in [0.2, 0.25) is 11.8 Å². The minimum absolute atomic E-state index is 0.111. The van der Waals surface area contributed by atoms with Gasteiger partial charge in [0.1, 0.15) is 6.33 Å². The SMILES string of the molecule is CCNc1n[nH]c2ccc(N(CC)C(=O)C3CCN(CC(=O)N4CC=C(c5ccc(-c6ncn[nH]6)cc5)CC4)C3)cc12. The molecule has 2 aliphatic rings. The van der Waals surface area contributed by atoms with E-state index in [2.05, 4.69) is 53.8 Å². The van der Waals surface area contributed by atoms with Crippen molar-refractivity contribution in [2.24, 2.45) is 5.92 Å². The van der Waals surface area contributed by atoms with Crippen molar-refractivity contribution in [1.82, 2.24) is 35.2 Å². The number of hydrogen-bond acceptors (Lipinski definition) is 7. The lowest BCUT2D eigenvalue weighted by atomic mass is 9.98. The van der Waals surface area contributed by atoms with Gasteiger partial charge in [0.25, 0.3) is 0 Å². The topological polar surface area (TPSA) is 126 Å². The average Bonchev–Trinajstić information content (AvgIpc) is 3.80. The van der Waals surface area contributed by atoms with Crippen LogP contribution in [-0.4, -0.2) is 92.8 Å². The molecular formula is C31H37N9O2. The average molecular weight is 568 g/mol. The maximum absolute atomic E-state index is 13.6. The van der Waals surface area contributed by atoms with Crippen LogP contribution in [0.15, 0.2) is 54.9 Å². The van der Waals surface area contributed by atoms with E-state index in [0.717, 1.165) is 65.3 Å². The maximum Gasteiger partial charge on any atom is 0.237 e. The van der Waals surface area contributed by atoms with E-state index in [4.69, 9.17) is 0 Å². The molecule has 4 aromatic rings. The third-order valence-corrected chi connectivity index (χ3v) is 8.27. The van der Waals surface area contributed by atoms with Gasteiger partial charge in [-0.3, -0.25) is 24.7 Å². The monoisotopic (exact) mass is 567 g/mol. The molecule has 11 heteroatoms. The van der Waals surface area contributed by atoms with E-state index >= 15 is 0 Å². The van der Waals surface area contributed by atoms with Crippen molar-refractivity contribution < 1.29 is 9.59 Å². The van der Waals surface area contributed by atoms with Crippen LogP contribution >= 0.6 is 0 Å². The van der Waals surface area contributed by atoms with Crippen molar-refractivity contribution in [1.29, 1.82) is 0 Å². The minimum atomic E-state index is -0.126. The molecule has 1 saturated heterocycles. The fourth-order valence-corrected chi connectivity index (χ4v) is 5.97.